The van der Waals surface area contributed by atoms with Crippen molar-refractivity contribution in [2.24, 2.45) is 0 Å². The van der Waals surface area contributed by atoms with E-state index in [2.05, 4.69) is 111 Å². The quantitative estimate of drug-likeness (QED) is 0.0373. The van der Waals surface area contributed by atoms with Gasteiger partial charge in [-0.15, -0.1) is 0 Å². The summed E-state index contributed by atoms with van der Waals surface area (Å²) >= 11 is 0. The Bertz CT molecular complexity index is 1750. The lowest BCUT2D eigenvalue weighted by Gasteiger charge is -2.15. The molecule has 0 aromatic rings. The standard InChI is InChI=1S/C90H162O5/c1-3-5-7-9-11-13-15-17-19-21-23-25-27-29-31-33-35-37-39-41-43-45-47-49-51-53-55-57-59-61-63-65-67-69-71-73-75-77-79-81-83-85-90(93)95-88(86-91)87-94-89(92)84-82-80-78-76-74-72-70-68-66-64-62-60-58-56-54-52-50-48-46-44-42-40-38-36-34-32-30-28-26-24-22-20-18-16-14-12-10-8-6-4-2/h5,7,11,13,17,19,23,25,29,31,35,37,41,43,47,49,88,91H,3-4,6,8-10,12,14-16,18,20-22,24,26-28,30,32-34,36,38-40,42,44-46,48,50-87H2,1-2H3/b7-5-,13-11-,19-17-,25-23-,31-29-,37-35-,43-41-,49-47-. The van der Waals surface area contributed by atoms with Gasteiger partial charge in [0, 0.05) is 12.8 Å². The second-order valence-electron chi connectivity index (χ2n) is 28.5. The number of esters is 2. The summed E-state index contributed by atoms with van der Waals surface area (Å²) < 4.78 is 10.8. The van der Waals surface area contributed by atoms with Gasteiger partial charge in [-0.05, 0) is 77.0 Å². The molecular formula is C90H162O5. The summed E-state index contributed by atoms with van der Waals surface area (Å²) in [7, 11) is 0. The Balaban J connectivity index is 3.40. The van der Waals surface area contributed by atoms with Crippen LogP contribution < -0.4 is 0 Å². The van der Waals surface area contributed by atoms with Crippen molar-refractivity contribution in [3.05, 3.63) is 97.2 Å². The Labute approximate surface area is 593 Å². The number of carbonyl (C=O) groups is 2. The second-order valence-corrected chi connectivity index (χ2v) is 28.5. The molecule has 95 heavy (non-hydrogen) atoms. The largest absolute Gasteiger partial charge is 0.462 e. The Hall–Kier alpha value is -3.18. The summed E-state index contributed by atoms with van der Waals surface area (Å²) in [6.45, 7) is 4.09. The number of carbonyl (C=O) groups excluding carboxylic acids is 2. The molecule has 1 atom stereocenters. The van der Waals surface area contributed by atoms with E-state index in [9.17, 15) is 14.7 Å². The predicted octanol–water partition coefficient (Wildman–Crippen LogP) is 30.1. The van der Waals surface area contributed by atoms with Gasteiger partial charge in [0.05, 0.1) is 6.61 Å². The minimum atomic E-state index is -0.776. The molecule has 552 valence electrons. The first-order chi connectivity index (χ1) is 47.1. The van der Waals surface area contributed by atoms with Crippen LogP contribution in [0.2, 0.25) is 0 Å². The smallest absolute Gasteiger partial charge is 0.306 e. The minimum absolute atomic E-state index is 0.0629. The molecule has 0 amide bonds. The molecule has 5 nitrogen and oxygen atoms in total. The number of rotatable bonds is 79. The maximum Gasteiger partial charge on any atom is 0.306 e. The van der Waals surface area contributed by atoms with Crippen LogP contribution in [0.1, 0.15) is 444 Å². The first kappa shape index (κ1) is 91.8. The molecule has 0 rings (SSSR count). The lowest BCUT2D eigenvalue weighted by Crippen LogP contribution is -2.28. The molecule has 0 aliphatic rings. The molecule has 0 saturated carbocycles. The van der Waals surface area contributed by atoms with Crippen molar-refractivity contribution >= 4 is 11.9 Å². The highest BCUT2D eigenvalue weighted by atomic mass is 16.6. The van der Waals surface area contributed by atoms with Crippen LogP contribution in [0.5, 0.6) is 0 Å². The molecule has 0 aromatic carbocycles. The predicted molar refractivity (Wildman–Crippen MR) is 422 cm³/mol. The van der Waals surface area contributed by atoms with E-state index in [0.29, 0.717) is 12.8 Å². The maximum atomic E-state index is 12.4. The summed E-state index contributed by atoms with van der Waals surface area (Å²) in [6.07, 6.45) is 122. The third-order valence-corrected chi connectivity index (χ3v) is 19.1. The number of ether oxygens (including phenoxy) is 2. The SMILES string of the molecule is CC/C=C\C/C=C\C/C=C\C/C=C\C/C=C\C/C=C\C/C=C\C/C=C\CCCCCCCCCCCCCCCCCCC(=O)OC(CO)COC(=O)CCCCCCCCCCCCCCCCCCCCCCCCCCCCCCCCCCCCCCCCCC. The molecule has 0 aliphatic heterocycles. The van der Waals surface area contributed by atoms with Crippen molar-refractivity contribution in [1.29, 1.82) is 0 Å². The van der Waals surface area contributed by atoms with Gasteiger partial charge in [0.15, 0.2) is 6.10 Å². The molecule has 1 unspecified atom stereocenters. The molecule has 0 bridgehead atoms. The van der Waals surface area contributed by atoms with Gasteiger partial charge in [-0.1, -0.05) is 451 Å². The average Bonchev–Trinajstić information content (AvgIpc) is 3.80. The van der Waals surface area contributed by atoms with Crippen molar-refractivity contribution in [3.8, 4) is 0 Å². The number of aliphatic hydroxyl groups is 1. The van der Waals surface area contributed by atoms with Crippen LogP contribution in [0.3, 0.4) is 0 Å². The van der Waals surface area contributed by atoms with Crippen molar-refractivity contribution in [3.63, 3.8) is 0 Å². The van der Waals surface area contributed by atoms with E-state index < -0.39 is 6.10 Å². The van der Waals surface area contributed by atoms with Gasteiger partial charge < -0.3 is 14.6 Å². The average molecular weight is 1320 g/mol. The molecule has 5 heteroatoms. The molecule has 0 spiro atoms. The summed E-state index contributed by atoms with van der Waals surface area (Å²) in [4.78, 5) is 24.7. The Morgan fingerprint density at radius 2 is 0.453 bits per heavy atom. The molecule has 0 radical (unpaired) electrons. The van der Waals surface area contributed by atoms with E-state index >= 15 is 0 Å². The van der Waals surface area contributed by atoms with Gasteiger partial charge in [0.1, 0.15) is 6.61 Å². The summed E-state index contributed by atoms with van der Waals surface area (Å²) in [5.74, 6) is -0.570. The van der Waals surface area contributed by atoms with Gasteiger partial charge >= 0.3 is 11.9 Å². The molecule has 0 aromatic heterocycles. The van der Waals surface area contributed by atoms with Crippen LogP contribution in [0, 0.1) is 0 Å². The van der Waals surface area contributed by atoms with Gasteiger partial charge in [-0.25, -0.2) is 0 Å². The molecule has 1 N–H and O–H groups in total. The van der Waals surface area contributed by atoms with E-state index in [1.165, 1.54) is 327 Å². The summed E-state index contributed by atoms with van der Waals surface area (Å²) in [5.41, 5.74) is 0. The molecule has 0 aliphatic carbocycles. The molecule has 0 heterocycles. The lowest BCUT2D eigenvalue weighted by atomic mass is 10.0. The zero-order valence-electron chi connectivity index (χ0n) is 63.7. The normalized spacial score (nSPS) is 12.7. The lowest BCUT2D eigenvalue weighted by molar-refractivity contribution is -0.161. The van der Waals surface area contributed by atoms with Crippen molar-refractivity contribution in [1.82, 2.24) is 0 Å². The topological polar surface area (TPSA) is 72.8 Å². The maximum absolute atomic E-state index is 12.4. The Morgan fingerprint density at radius 1 is 0.253 bits per heavy atom. The van der Waals surface area contributed by atoms with Crippen molar-refractivity contribution in [2.75, 3.05) is 13.2 Å². The highest BCUT2D eigenvalue weighted by Gasteiger charge is 2.16. The van der Waals surface area contributed by atoms with Crippen LogP contribution in [-0.2, 0) is 19.1 Å². The Kier molecular flexibility index (Phi) is 82.2. The third kappa shape index (κ3) is 83.2. The molecular weight excluding hydrogens is 1160 g/mol. The fourth-order valence-corrected chi connectivity index (χ4v) is 12.9. The fourth-order valence-electron chi connectivity index (χ4n) is 12.9. The monoisotopic (exact) mass is 1320 g/mol. The Morgan fingerprint density at radius 3 is 0.684 bits per heavy atom. The number of allylic oxidation sites excluding steroid dienone is 16. The van der Waals surface area contributed by atoms with E-state index in [4.69, 9.17) is 9.47 Å². The zero-order valence-corrected chi connectivity index (χ0v) is 63.7. The van der Waals surface area contributed by atoms with Crippen LogP contribution in [0.15, 0.2) is 97.2 Å². The first-order valence-corrected chi connectivity index (χ1v) is 42.3. The van der Waals surface area contributed by atoms with E-state index in [0.717, 1.165) is 89.9 Å². The van der Waals surface area contributed by atoms with Crippen LogP contribution >= 0.6 is 0 Å². The second kappa shape index (κ2) is 85.0. The number of unbranched alkanes of at least 4 members (excludes halogenated alkanes) is 55. The molecule has 0 saturated heterocycles. The van der Waals surface area contributed by atoms with Crippen molar-refractivity contribution in [2.45, 2.75) is 450 Å². The van der Waals surface area contributed by atoms with Crippen LogP contribution in [0.25, 0.3) is 0 Å². The van der Waals surface area contributed by atoms with E-state index in [1.54, 1.807) is 0 Å². The zero-order chi connectivity index (χ0) is 68.3. The van der Waals surface area contributed by atoms with Gasteiger partial charge in [0.2, 0.25) is 0 Å². The van der Waals surface area contributed by atoms with Gasteiger partial charge in [0.25, 0.3) is 0 Å². The summed E-state index contributed by atoms with van der Waals surface area (Å²) in [6, 6.07) is 0. The van der Waals surface area contributed by atoms with E-state index in [-0.39, 0.29) is 25.2 Å². The van der Waals surface area contributed by atoms with Crippen molar-refractivity contribution < 1.29 is 24.2 Å². The fraction of sp³-hybridized carbons (Fsp3) is 0.800. The highest BCUT2D eigenvalue weighted by molar-refractivity contribution is 5.70. The van der Waals surface area contributed by atoms with E-state index in [1.807, 2.05) is 0 Å². The minimum Gasteiger partial charge on any atom is -0.462 e. The highest BCUT2D eigenvalue weighted by Crippen LogP contribution is 2.20. The van der Waals surface area contributed by atoms with Gasteiger partial charge in [-0.2, -0.15) is 0 Å². The van der Waals surface area contributed by atoms with Crippen LogP contribution in [0.4, 0.5) is 0 Å². The van der Waals surface area contributed by atoms with Gasteiger partial charge in [-0.3, -0.25) is 9.59 Å². The molecule has 0 fully saturated rings. The summed E-state index contributed by atoms with van der Waals surface area (Å²) in [5, 5.41) is 9.74. The van der Waals surface area contributed by atoms with Crippen LogP contribution in [-0.4, -0.2) is 36.4 Å². The number of hydrogen-bond donors (Lipinski definition) is 1. The number of aliphatic hydroxyl groups excluding tert-OH is 1. The first-order valence-electron chi connectivity index (χ1n) is 42.3. The number of hydrogen-bond acceptors (Lipinski definition) is 5. The third-order valence-electron chi connectivity index (χ3n) is 19.1.